The van der Waals surface area contributed by atoms with Crippen LogP contribution in [0.2, 0.25) is 0 Å². The fourth-order valence-corrected chi connectivity index (χ4v) is 4.71. The van der Waals surface area contributed by atoms with Crippen molar-refractivity contribution in [3.8, 4) is 0 Å². The van der Waals surface area contributed by atoms with E-state index in [9.17, 15) is 12.8 Å². The number of halogens is 2. The quantitative estimate of drug-likeness (QED) is 0.863. The van der Waals surface area contributed by atoms with E-state index in [4.69, 9.17) is 4.74 Å². The van der Waals surface area contributed by atoms with Gasteiger partial charge in [-0.1, -0.05) is 15.9 Å². The Balaban J connectivity index is 2.49. The van der Waals surface area contributed by atoms with Crippen molar-refractivity contribution in [2.75, 3.05) is 26.8 Å². The summed E-state index contributed by atoms with van der Waals surface area (Å²) in [6.45, 7) is 2.88. The van der Waals surface area contributed by atoms with Crippen molar-refractivity contribution >= 4 is 26.0 Å². The van der Waals surface area contributed by atoms with Gasteiger partial charge in [-0.2, -0.15) is 4.31 Å². The predicted molar refractivity (Wildman–Crippen MR) is 81.0 cm³/mol. The highest BCUT2D eigenvalue weighted by Gasteiger charge is 2.34. The molecule has 21 heavy (non-hydrogen) atoms. The van der Waals surface area contributed by atoms with Crippen LogP contribution in [0.4, 0.5) is 4.39 Å². The zero-order chi connectivity index (χ0) is 15.6. The second-order valence-corrected chi connectivity index (χ2v) is 7.72. The van der Waals surface area contributed by atoms with Crippen LogP contribution in [0.1, 0.15) is 12.5 Å². The number of rotatable bonds is 4. The molecule has 1 saturated heterocycles. The number of benzene rings is 1. The van der Waals surface area contributed by atoms with Crippen LogP contribution >= 0.6 is 15.9 Å². The van der Waals surface area contributed by atoms with Crippen LogP contribution in [-0.2, 0) is 21.3 Å². The monoisotopic (exact) mass is 380 g/mol. The summed E-state index contributed by atoms with van der Waals surface area (Å²) in [4.78, 5) is -0.295. The minimum Gasteiger partial charge on any atom is -0.378 e. The third-order valence-electron chi connectivity index (χ3n) is 3.34. The number of ether oxygens (including phenoxy) is 1. The van der Waals surface area contributed by atoms with Gasteiger partial charge in [0.1, 0.15) is 10.7 Å². The summed E-state index contributed by atoms with van der Waals surface area (Å²) in [5, 5.41) is 2.83. The van der Waals surface area contributed by atoms with E-state index < -0.39 is 15.8 Å². The van der Waals surface area contributed by atoms with Crippen LogP contribution in [0.3, 0.4) is 0 Å². The molecule has 1 N–H and O–H groups in total. The van der Waals surface area contributed by atoms with Gasteiger partial charge in [0.15, 0.2) is 0 Å². The molecule has 1 heterocycles. The molecule has 1 aliphatic heterocycles. The van der Waals surface area contributed by atoms with Crippen LogP contribution in [0.5, 0.6) is 0 Å². The lowest BCUT2D eigenvalue weighted by Crippen LogP contribution is -2.47. The topological polar surface area (TPSA) is 58.6 Å². The van der Waals surface area contributed by atoms with Crippen LogP contribution < -0.4 is 5.32 Å². The molecule has 1 aliphatic rings. The molecule has 8 heteroatoms. The Morgan fingerprint density at radius 2 is 2.24 bits per heavy atom. The van der Waals surface area contributed by atoms with Gasteiger partial charge in [0.25, 0.3) is 0 Å². The summed E-state index contributed by atoms with van der Waals surface area (Å²) >= 11 is 3.25. The summed E-state index contributed by atoms with van der Waals surface area (Å²) in [7, 11) is -2.21. The zero-order valence-electron chi connectivity index (χ0n) is 11.9. The van der Waals surface area contributed by atoms with Crippen molar-refractivity contribution in [2.24, 2.45) is 0 Å². The highest BCUT2D eigenvalue weighted by atomic mass is 79.9. The Bertz CT molecular complexity index is 624. The Labute approximate surface area is 132 Å². The third-order valence-corrected chi connectivity index (χ3v) is 5.81. The minimum absolute atomic E-state index is 0.233. The van der Waals surface area contributed by atoms with E-state index in [0.29, 0.717) is 23.2 Å². The number of nitrogens with zero attached hydrogens (tertiary/aromatic N) is 1. The average molecular weight is 381 g/mol. The Morgan fingerprint density at radius 3 is 2.86 bits per heavy atom. The van der Waals surface area contributed by atoms with E-state index in [1.54, 1.807) is 20.0 Å². The fourth-order valence-electron chi connectivity index (χ4n) is 2.32. The summed E-state index contributed by atoms with van der Waals surface area (Å²) < 4.78 is 47.0. The van der Waals surface area contributed by atoms with Crippen molar-refractivity contribution in [2.45, 2.75) is 24.4 Å². The standard InChI is InChI=1S/C13H18BrFN2O3S/c1-9-8-20-4-3-17(9)21(18,19)12-6-11(14)5-10(7-16-2)13(12)15/h5-6,9,16H,3-4,7-8H2,1-2H3. The lowest BCUT2D eigenvalue weighted by molar-refractivity contribution is 0.0392. The number of sulfonamides is 1. The van der Waals surface area contributed by atoms with Crippen molar-refractivity contribution in [3.63, 3.8) is 0 Å². The van der Waals surface area contributed by atoms with E-state index in [-0.39, 0.29) is 24.0 Å². The van der Waals surface area contributed by atoms with Gasteiger partial charge in [-0.15, -0.1) is 0 Å². The maximum absolute atomic E-state index is 14.5. The molecule has 0 bridgehead atoms. The summed E-state index contributed by atoms with van der Waals surface area (Å²) in [5.74, 6) is -0.703. The van der Waals surface area contributed by atoms with Crippen LogP contribution in [0.25, 0.3) is 0 Å². The van der Waals surface area contributed by atoms with Gasteiger partial charge in [-0.3, -0.25) is 0 Å². The largest absolute Gasteiger partial charge is 0.378 e. The number of morpholine rings is 1. The molecule has 0 radical (unpaired) electrons. The molecule has 0 saturated carbocycles. The van der Waals surface area contributed by atoms with Gasteiger partial charge >= 0.3 is 0 Å². The van der Waals surface area contributed by atoms with Crippen molar-refractivity contribution < 1.29 is 17.5 Å². The van der Waals surface area contributed by atoms with Gasteiger partial charge < -0.3 is 10.1 Å². The van der Waals surface area contributed by atoms with Gasteiger partial charge in [-0.05, 0) is 26.1 Å². The first-order valence-electron chi connectivity index (χ1n) is 6.60. The first kappa shape index (κ1) is 16.8. The Hall–Kier alpha value is -0.540. The van der Waals surface area contributed by atoms with Crippen molar-refractivity contribution in [1.82, 2.24) is 9.62 Å². The van der Waals surface area contributed by atoms with Gasteiger partial charge in [-0.25, -0.2) is 12.8 Å². The summed E-state index contributed by atoms with van der Waals surface area (Å²) in [5.41, 5.74) is 0.311. The molecule has 118 valence electrons. The molecule has 0 aliphatic carbocycles. The van der Waals surface area contributed by atoms with Crippen LogP contribution in [0.15, 0.2) is 21.5 Å². The molecule has 0 aromatic heterocycles. The smallest absolute Gasteiger partial charge is 0.246 e. The molecule has 0 amide bonds. The van der Waals surface area contributed by atoms with Gasteiger partial charge in [0.2, 0.25) is 10.0 Å². The summed E-state index contributed by atoms with van der Waals surface area (Å²) in [6, 6.07) is 2.58. The molecular weight excluding hydrogens is 363 g/mol. The summed E-state index contributed by atoms with van der Waals surface area (Å²) in [6.07, 6.45) is 0. The first-order chi connectivity index (χ1) is 9.87. The van der Waals surface area contributed by atoms with E-state index in [1.165, 1.54) is 10.4 Å². The normalized spacial score (nSPS) is 20.7. The maximum Gasteiger partial charge on any atom is 0.246 e. The SMILES string of the molecule is CNCc1cc(Br)cc(S(=O)(=O)N2CCOCC2C)c1F. The molecule has 1 aromatic rings. The minimum atomic E-state index is -3.88. The van der Waals surface area contributed by atoms with Crippen molar-refractivity contribution in [1.29, 1.82) is 0 Å². The predicted octanol–water partition coefficient (Wildman–Crippen LogP) is 1.72. The fraction of sp³-hybridized carbons (Fsp3) is 0.538. The molecule has 2 rings (SSSR count). The van der Waals surface area contributed by atoms with E-state index in [0.717, 1.165) is 0 Å². The van der Waals surface area contributed by atoms with E-state index >= 15 is 0 Å². The Kier molecular flexibility index (Phi) is 5.37. The molecule has 1 unspecified atom stereocenters. The second-order valence-electron chi connectivity index (χ2n) is 4.95. The highest BCUT2D eigenvalue weighted by molar-refractivity contribution is 9.10. The number of hydrogen-bond acceptors (Lipinski definition) is 4. The third kappa shape index (κ3) is 3.45. The van der Waals surface area contributed by atoms with Crippen LogP contribution in [0, 0.1) is 5.82 Å². The highest BCUT2D eigenvalue weighted by Crippen LogP contribution is 2.28. The molecule has 0 spiro atoms. The average Bonchev–Trinajstić information content (AvgIpc) is 2.43. The molecule has 1 atom stereocenters. The molecule has 5 nitrogen and oxygen atoms in total. The maximum atomic E-state index is 14.5. The van der Waals surface area contributed by atoms with Crippen LogP contribution in [-0.4, -0.2) is 45.6 Å². The second kappa shape index (κ2) is 6.70. The van der Waals surface area contributed by atoms with E-state index in [2.05, 4.69) is 21.2 Å². The van der Waals surface area contributed by atoms with Gasteiger partial charge in [0.05, 0.1) is 13.2 Å². The molecule has 1 fully saturated rings. The molecular formula is C13H18BrFN2O3S. The number of nitrogens with one attached hydrogen (secondary N) is 1. The lowest BCUT2D eigenvalue weighted by atomic mass is 10.2. The van der Waals surface area contributed by atoms with Gasteiger partial charge in [0, 0.05) is 29.2 Å². The first-order valence-corrected chi connectivity index (χ1v) is 8.83. The lowest BCUT2D eigenvalue weighted by Gasteiger charge is -2.32. The zero-order valence-corrected chi connectivity index (χ0v) is 14.3. The van der Waals surface area contributed by atoms with E-state index in [1.807, 2.05) is 0 Å². The van der Waals surface area contributed by atoms with Crippen molar-refractivity contribution in [3.05, 3.63) is 28.0 Å². The Morgan fingerprint density at radius 1 is 1.52 bits per heavy atom. The number of hydrogen-bond donors (Lipinski definition) is 1. The molecule has 1 aromatic carbocycles.